The number of aliphatic hydroxyl groups excluding tert-OH is 1. The summed E-state index contributed by atoms with van der Waals surface area (Å²) in [5.41, 5.74) is -0.668. The number of ketones is 1. The molecule has 0 atom stereocenters. The molecule has 0 aromatic heterocycles. The van der Waals surface area contributed by atoms with Crippen LogP contribution in [-0.2, 0) is 4.79 Å². The average molecular weight is 379 g/mol. The molecule has 0 spiro atoms. The van der Waals surface area contributed by atoms with E-state index in [-0.39, 0.29) is 11.3 Å². The quantitative estimate of drug-likeness (QED) is 0.456. The SMILES string of the molecule is COc1ccc(N=CC(C(=O)C(F)(F)F)=C(O)c2ccc(OC)cc2)cc1. The molecule has 0 aliphatic rings. The lowest BCUT2D eigenvalue weighted by Gasteiger charge is -2.09. The van der Waals surface area contributed by atoms with Crippen molar-refractivity contribution in [1.29, 1.82) is 0 Å². The zero-order valence-corrected chi connectivity index (χ0v) is 14.4. The van der Waals surface area contributed by atoms with Crippen molar-refractivity contribution in [3.63, 3.8) is 0 Å². The summed E-state index contributed by atoms with van der Waals surface area (Å²) in [6, 6.07) is 11.7. The van der Waals surface area contributed by atoms with Crippen molar-refractivity contribution < 1.29 is 32.5 Å². The highest BCUT2D eigenvalue weighted by Gasteiger charge is 2.41. The van der Waals surface area contributed by atoms with Crippen LogP contribution in [0.2, 0.25) is 0 Å². The number of alkyl halides is 3. The van der Waals surface area contributed by atoms with Crippen LogP contribution in [0.25, 0.3) is 5.76 Å². The summed E-state index contributed by atoms with van der Waals surface area (Å²) in [6.07, 6.45) is -4.47. The van der Waals surface area contributed by atoms with Gasteiger partial charge >= 0.3 is 6.18 Å². The fourth-order valence-electron chi connectivity index (χ4n) is 2.09. The Morgan fingerprint density at radius 2 is 1.44 bits per heavy atom. The minimum absolute atomic E-state index is 0.0181. The standard InChI is InChI=1S/C19H16F3NO4/c1-26-14-7-3-12(4-8-14)17(24)16(18(25)19(20,21)22)11-23-13-5-9-15(27-2)10-6-13/h3-11,24H,1-2H3. The number of benzene rings is 2. The first kappa shape index (κ1) is 20.0. The summed E-state index contributed by atoms with van der Waals surface area (Å²) in [6.45, 7) is 0. The molecule has 2 aromatic rings. The van der Waals surface area contributed by atoms with Crippen LogP contribution in [0.5, 0.6) is 11.5 Å². The number of carbonyl (C=O) groups is 1. The number of methoxy groups -OCH3 is 2. The maximum atomic E-state index is 12.9. The first-order valence-electron chi connectivity index (χ1n) is 7.63. The van der Waals surface area contributed by atoms with Gasteiger partial charge in [-0.25, -0.2) is 0 Å². The summed E-state index contributed by atoms with van der Waals surface area (Å²) in [7, 11) is 2.89. The number of aliphatic imine (C=N–C) groups is 1. The normalized spacial score (nSPS) is 12.6. The van der Waals surface area contributed by atoms with Gasteiger partial charge in [-0.1, -0.05) is 0 Å². The summed E-state index contributed by atoms with van der Waals surface area (Å²) in [5, 5.41) is 10.2. The van der Waals surface area contributed by atoms with Crippen LogP contribution in [0, 0.1) is 0 Å². The Balaban J connectivity index is 2.45. The molecule has 0 fully saturated rings. The number of nitrogens with zero attached hydrogens (tertiary/aromatic N) is 1. The van der Waals surface area contributed by atoms with E-state index < -0.39 is 23.3 Å². The molecule has 0 aliphatic carbocycles. The second-order valence-corrected chi connectivity index (χ2v) is 5.27. The molecule has 0 heterocycles. The molecule has 8 heteroatoms. The van der Waals surface area contributed by atoms with Crippen molar-refractivity contribution in [3.05, 3.63) is 59.7 Å². The van der Waals surface area contributed by atoms with E-state index in [1.165, 1.54) is 50.6 Å². The van der Waals surface area contributed by atoms with Gasteiger partial charge in [0.15, 0.2) is 0 Å². The Morgan fingerprint density at radius 1 is 0.963 bits per heavy atom. The molecular weight excluding hydrogens is 363 g/mol. The van der Waals surface area contributed by atoms with Crippen LogP contribution in [0.3, 0.4) is 0 Å². The third-order valence-electron chi connectivity index (χ3n) is 3.54. The van der Waals surface area contributed by atoms with Gasteiger partial charge in [0.1, 0.15) is 17.3 Å². The van der Waals surface area contributed by atoms with E-state index in [4.69, 9.17) is 9.47 Å². The van der Waals surface area contributed by atoms with E-state index in [0.29, 0.717) is 17.7 Å². The molecule has 142 valence electrons. The molecule has 0 amide bonds. The van der Waals surface area contributed by atoms with Crippen molar-refractivity contribution in [1.82, 2.24) is 0 Å². The third kappa shape index (κ3) is 5.10. The number of allylic oxidation sites excluding steroid dienone is 1. The van der Waals surface area contributed by atoms with Crippen molar-refractivity contribution in [2.24, 2.45) is 4.99 Å². The molecule has 0 aliphatic heterocycles. The zero-order chi connectivity index (χ0) is 20.0. The molecule has 27 heavy (non-hydrogen) atoms. The lowest BCUT2D eigenvalue weighted by atomic mass is 10.0. The summed E-state index contributed by atoms with van der Waals surface area (Å²) >= 11 is 0. The Morgan fingerprint density at radius 3 is 1.89 bits per heavy atom. The Bertz CT molecular complexity index is 854. The molecular formula is C19H16F3NO4. The fraction of sp³-hybridized carbons (Fsp3) is 0.158. The Hall–Kier alpha value is -3.29. The van der Waals surface area contributed by atoms with Crippen LogP contribution in [0.1, 0.15) is 5.56 Å². The highest BCUT2D eigenvalue weighted by Crippen LogP contribution is 2.26. The number of rotatable bonds is 6. The number of hydrogen-bond acceptors (Lipinski definition) is 5. The van der Waals surface area contributed by atoms with Crippen molar-refractivity contribution in [2.75, 3.05) is 14.2 Å². The van der Waals surface area contributed by atoms with E-state index in [9.17, 15) is 23.1 Å². The van der Waals surface area contributed by atoms with Crippen LogP contribution in [0.4, 0.5) is 18.9 Å². The maximum Gasteiger partial charge on any atom is 0.455 e. The largest absolute Gasteiger partial charge is 0.506 e. The van der Waals surface area contributed by atoms with E-state index in [0.717, 1.165) is 0 Å². The number of Topliss-reactive ketones (excluding diaryl/α,β-unsaturated/α-hetero) is 1. The maximum absolute atomic E-state index is 12.9. The van der Waals surface area contributed by atoms with Gasteiger partial charge in [-0.05, 0) is 48.5 Å². The molecule has 0 saturated carbocycles. The first-order chi connectivity index (χ1) is 12.8. The molecule has 0 unspecified atom stereocenters. The highest BCUT2D eigenvalue weighted by molar-refractivity contribution is 6.20. The second-order valence-electron chi connectivity index (χ2n) is 5.27. The van der Waals surface area contributed by atoms with Gasteiger partial charge < -0.3 is 14.6 Å². The van der Waals surface area contributed by atoms with E-state index >= 15 is 0 Å². The van der Waals surface area contributed by atoms with E-state index in [1.807, 2.05) is 0 Å². The van der Waals surface area contributed by atoms with Gasteiger partial charge in [0.05, 0.1) is 25.5 Å². The number of halogens is 3. The second kappa shape index (κ2) is 8.39. The number of ether oxygens (including phenoxy) is 2. The van der Waals surface area contributed by atoms with Gasteiger partial charge in [-0.2, -0.15) is 13.2 Å². The third-order valence-corrected chi connectivity index (χ3v) is 3.54. The zero-order valence-electron chi connectivity index (χ0n) is 14.4. The molecule has 0 radical (unpaired) electrons. The summed E-state index contributed by atoms with van der Waals surface area (Å²) < 4.78 is 48.7. The number of aliphatic hydroxyl groups is 1. The van der Waals surface area contributed by atoms with Crippen LogP contribution < -0.4 is 9.47 Å². The van der Waals surface area contributed by atoms with Gasteiger partial charge in [0, 0.05) is 11.8 Å². The minimum atomic E-state index is -5.16. The minimum Gasteiger partial charge on any atom is -0.506 e. The highest BCUT2D eigenvalue weighted by atomic mass is 19.4. The van der Waals surface area contributed by atoms with Gasteiger partial charge in [-0.15, -0.1) is 0 Å². The fourth-order valence-corrected chi connectivity index (χ4v) is 2.09. The van der Waals surface area contributed by atoms with Crippen LogP contribution in [-0.4, -0.2) is 37.5 Å². The van der Waals surface area contributed by atoms with Gasteiger partial charge in [0.2, 0.25) is 0 Å². The number of carbonyl (C=O) groups excluding carboxylic acids is 1. The monoisotopic (exact) mass is 379 g/mol. The van der Waals surface area contributed by atoms with Crippen LogP contribution >= 0.6 is 0 Å². The predicted molar refractivity (Wildman–Crippen MR) is 94.8 cm³/mol. The molecule has 2 aromatic carbocycles. The summed E-state index contributed by atoms with van der Waals surface area (Å²) in [5.74, 6) is -2.05. The van der Waals surface area contributed by atoms with E-state index in [1.54, 1.807) is 12.1 Å². The molecule has 2 rings (SSSR count). The molecule has 5 nitrogen and oxygen atoms in total. The average Bonchev–Trinajstić information content (AvgIpc) is 2.67. The molecule has 1 N–H and O–H groups in total. The summed E-state index contributed by atoms with van der Waals surface area (Å²) in [4.78, 5) is 15.6. The van der Waals surface area contributed by atoms with Crippen molar-refractivity contribution in [2.45, 2.75) is 6.18 Å². The Labute approximate surface area is 153 Å². The van der Waals surface area contributed by atoms with Crippen molar-refractivity contribution in [3.8, 4) is 11.5 Å². The van der Waals surface area contributed by atoms with Gasteiger partial charge in [0.25, 0.3) is 5.78 Å². The number of hydrogen-bond donors (Lipinski definition) is 1. The lowest BCUT2D eigenvalue weighted by molar-refractivity contribution is -0.165. The van der Waals surface area contributed by atoms with Crippen LogP contribution in [0.15, 0.2) is 59.1 Å². The lowest BCUT2D eigenvalue weighted by Crippen LogP contribution is -2.26. The van der Waals surface area contributed by atoms with E-state index in [2.05, 4.69) is 4.99 Å². The first-order valence-corrected chi connectivity index (χ1v) is 7.63. The smallest absolute Gasteiger partial charge is 0.455 e. The van der Waals surface area contributed by atoms with Gasteiger partial charge in [-0.3, -0.25) is 9.79 Å². The molecule has 0 saturated heterocycles. The molecule has 0 bridgehead atoms. The predicted octanol–water partition coefficient (Wildman–Crippen LogP) is 4.51. The van der Waals surface area contributed by atoms with Crippen molar-refractivity contribution >= 4 is 23.4 Å². The topological polar surface area (TPSA) is 68.1 Å². The Kier molecular flexibility index (Phi) is 6.23.